The summed E-state index contributed by atoms with van der Waals surface area (Å²) in [7, 11) is -2.01. The van der Waals surface area contributed by atoms with Gasteiger partial charge in [0.2, 0.25) is 0 Å². The molecule has 0 bridgehead atoms. The van der Waals surface area contributed by atoms with Gasteiger partial charge in [-0.25, -0.2) is 0 Å². The Kier molecular flexibility index (Phi) is 21.6. The second-order valence-electron chi connectivity index (χ2n) is 9.36. The van der Waals surface area contributed by atoms with E-state index in [0.717, 1.165) is 0 Å². The van der Waals surface area contributed by atoms with Crippen molar-refractivity contribution in [1.29, 1.82) is 0 Å². The van der Waals surface area contributed by atoms with Crippen LogP contribution in [0.3, 0.4) is 0 Å². The molecular formula is C27H55O2P. The normalized spacial score (nSPS) is 12.1. The second-order valence-corrected chi connectivity index (χ2v) is 13.4. The van der Waals surface area contributed by atoms with Crippen LogP contribution < -0.4 is 0 Å². The van der Waals surface area contributed by atoms with Crippen LogP contribution in [-0.4, -0.2) is 24.5 Å². The second kappa shape index (κ2) is 21.9. The fourth-order valence-corrected chi connectivity index (χ4v) is 8.71. The van der Waals surface area contributed by atoms with Crippen LogP contribution in [0, 0.1) is 0 Å². The van der Waals surface area contributed by atoms with Gasteiger partial charge >= 0.3 is 190 Å². The maximum atomic E-state index is 12.2. The van der Waals surface area contributed by atoms with E-state index in [1.165, 1.54) is 140 Å². The van der Waals surface area contributed by atoms with Crippen molar-refractivity contribution in [1.82, 2.24) is 0 Å². The predicted molar refractivity (Wildman–Crippen MR) is 139 cm³/mol. The van der Waals surface area contributed by atoms with Gasteiger partial charge in [0.15, 0.2) is 0 Å². The summed E-state index contributed by atoms with van der Waals surface area (Å²) < 4.78 is 6.25. The summed E-state index contributed by atoms with van der Waals surface area (Å²) in [5.74, 6) is -0.162. The van der Waals surface area contributed by atoms with Crippen LogP contribution in [-0.2, 0) is 9.32 Å². The molecule has 0 aromatic heterocycles. The van der Waals surface area contributed by atoms with Crippen molar-refractivity contribution in [3.05, 3.63) is 12.7 Å². The molecule has 0 aliphatic heterocycles. The van der Waals surface area contributed by atoms with Gasteiger partial charge in [0.25, 0.3) is 0 Å². The summed E-state index contributed by atoms with van der Waals surface area (Å²) in [6, 6.07) is 0. The average Bonchev–Trinajstić information content (AvgIpc) is 2.75. The molecule has 0 spiro atoms. The van der Waals surface area contributed by atoms with Crippen LogP contribution in [0.2, 0.25) is 0 Å². The van der Waals surface area contributed by atoms with E-state index in [1.807, 2.05) is 0 Å². The molecule has 0 aliphatic carbocycles. The Morgan fingerprint density at radius 3 is 1.20 bits per heavy atom. The van der Waals surface area contributed by atoms with Gasteiger partial charge < -0.3 is 0 Å². The van der Waals surface area contributed by atoms with Gasteiger partial charge in [-0.2, -0.15) is 0 Å². The zero-order chi connectivity index (χ0) is 22.3. The first-order valence-corrected chi connectivity index (χ1v) is 16.0. The van der Waals surface area contributed by atoms with Crippen molar-refractivity contribution >= 4 is 13.5 Å². The third kappa shape index (κ3) is 17.3. The van der Waals surface area contributed by atoms with Crippen molar-refractivity contribution in [2.24, 2.45) is 0 Å². The molecule has 2 nitrogen and oxygen atoms in total. The summed E-state index contributed by atoms with van der Waals surface area (Å²) in [4.78, 5) is 12.2. The molecule has 30 heavy (non-hydrogen) atoms. The number of carbonyl (C=O) groups excluding carboxylic acids is 1. The Hall–Kier alpha value is -0.360. The first-order valence-electron chi connectivity index (χ1n) is 13.5. The van der Waals surface area contributed by atoms with Gasteiger partial charge in [0.1, 0.15) is 0 Å². The molecule has 0 rings (SSSR count). The topological polar surface area (TPSA) is 26.3 Å². The fraction of sp³-hybridized carbons (Fsp3) is 0.889. The molecule has 0 saturated heterocycles. The summed E-state index contributed by atoms with van der Waals surface area (Å²) >= 11 is 0. The molecule has 0 aromatic rings. The minimum atomic E-state index is -2.01. The van der Waals surface area contributed by atoms with Crippen LogP contribution in [0.1, 0.15) is 136 Å². The van der Waals surface area contributed by atoms with E-state index in [9.17, 15) is 4.79 Å². The number of hydrogen-bond acceptors (Lipinski definition) is 2. The molecule has 0 radical (unpaired) electrons. The van der Waals surface area contributed by atoms with Gasteiger partial charge in [-0.3, -0.25) is 0 Å². The number of unbranched alkanes of at least 4 members (excludes halogenated alkanes) is 15. The number of rotatable bonds is 23. The third-order valence-electron chi connectivity index (χ3n) is 6.44. The van der Waals surface area contributed by atoms with E-state index >= 15 is 0 Å². The van der Waals surface area contributed by atoms with Gasteiger partial charge in [-0.15, -0.1) is 0 Å². The fourth-order valence-electron chi connectivity index (χ4n) is 4.47. The van der Waals surface area contributed by atoms with Crippen molar-refractivity contribution in [3.63, 3.8) is 0 Å². The average molecular weight is 443 g/mol. The Bertz CT molecular complexity index is 354. The van der Waals surface area contributed by atoms with Gasteiger partial charge in [0, 0.05) is 0 Å². The quantitative estimate of drug-likeness (QED) is 0.0894. The summed E-state index contributed by atoms with van der Waals surface area (Å²) in [5.41, 5.74) is 0. The van der Waals surface area contributed by atoms with E-state index in [2.05, 4.69) is 27.4 Å². The molecule has 180 valence electrons. The molecule has 0 saturated carbocycles. The molecule has 0 aliphatic rings. The first-order chi connectivity index (χ1) is 14.6. The number of hydrogen-bond donors (Lipinski definition) is 0. The van der Waals surface area contributed by atoms with Gasteiger partial charge in [-0.05, 0) is 0 Å². The van der Waals surface area contributed by atoms with E-state index in [-0.39, 0.29) is 5.97 Å². The summed E-state index contributed by atoms with van der Waals surface area (Å²) in [6.07, 6.45) is 28.5. The van der Waals surface area contributed by atoms with Crippen LogP contribution in [0.25, 0.3) is 0 Å². The Balaban J connectivity index is 4.74. The summed E-state index contributed by atoms with van der Waals surface area (Å²) in [6.45, 7) is 10.5. The van der Waals surface area contributed by atoms with Crippen molar-refractivity contribution < 1.29 is 9.32 Å². The SMILES string of the molecule is C=CC(=O)O[PH](CCCCCCCC)(CCCCCCCC)CCCCCCCC. The van der Waals surface area contributed by atoms with Crippen LogP contribution in [0.4, 0.5) is 0 Å². The van der Waals surface area contributed by atoms with Gasteiger partial charge in [-0.1, -0.05) is 0 Å². The zero-order valence-corrected chi connectivity index (χ0v) is 22.0. The molecule has 0 amide bonds. The third-order valence-corrected chi connectivity index (χ3v) is 10.9. The molecule has 0 aromatic carbocycles. The number of carbonyl (C=O) groups is 1. The molecule has 0 unspecified atom stereocenters. The van der Waals surface area contributed by atoms with Crippen LogP contribution >= 0.6 is 7.49 Å². The van der Waals surface area contributed by atoms with E-state index in [0.29, 0.717) is 0 Å². The van der Waals surface area contributed by atoms with Crippen LogP contribution in [0.15, 0.2) is 12.7 Å². The maximum absolute atomic E-state index is 12.2. The minimum absolute atomic E-state index is 0.162. The predicted octanol–water partition coefficient (Wildman–Crippen LogP) is 9.46. The van der Waals surface area contributed by atoms with Crippen molar-refractivity contribution in [2.45, 2.75) is 136 Å². The van der Waals surface area contributed by atoms with E-state index in [1.54, 1.807) is 0 Å². The van der Waals surface area contributed by atoms with Crippen molar-refractivity contribution in [3.8, 4) is 0 Å². The zero-order valence-electron chi connectivity index (χ0n) is 21.0. The van der Waals surface area contributed by atoms with Crippen LogP contribution in [0.5, 0.6) is 0 Å². The first kappa shape index (κ1) is 29.6. The monoisotopic (exact) mass is 442 g/mol. The Morgan fingerprint density at radius 2 is 0.900 bits per heavy atom. The Labute approximate surface area is 190 Å². The van der Waals surface area contributed by atoms with E-state index in [4.69, 9.17) is 4.52 Å². The Morgan fingerprint density at radius 1 is 0.600 bits per heavy atom. The molecule has 0 heterocycles. The molecule has 0 atom stereocenters. The molecule has 0 N–H and O–H groups in total. The molecule has 3 heteroatoms. The molecular weight excluding hydrogens is 387 g/mol. The van der Waals surface area contributed by atoms with E-state index < -0.39 is 7.49 Å². The van der Waals surface area contributed by atoms with Crippen molar-refractivity contribution in [2.75, 3.05) is 18.5 Å². The standard InChI is InChI=1S/C27H55O2P/c1-5-9-12-15-18-21-24-30(29-27(28)8-4,25-22-19-16-13-10-6-2)26-23-20-17-14-11-7-3/h8,30H,4-7,9-26H2,1-3H3. The molecule has 0 fully saturated rings. The van der Waals surface area contributed by atoms with Gasteiger partial charge in [0.05, 0.1) is 0 Å². The summed E-state index contributed by atoms with van der Waals surface area (Å²) in [5, 5.41) is 0.